The number of halogens is 2. The van der Waals surface area contributed by atoms with Crippen LogP contribution < -0.4 is 11.1 Å². The summed E-state index contributed by atoms with van der Waals surface area (Å²) in [6.45, 7) is 1.71. The van der Waals surface area contributed by atoms with Crippen LogP contribution in [0.3, 0.4) is 0 Å². The van der Waals surface area contributed by atoms with Crippen LogP contribution in [0.25, 0.3) is 0 Å². The van der Waals surface area contributed by atoms with Gasteiger partial charge in [0.1, 0.15) is 0 Å². The van der Waals surface area contributed by atoms with Gasteiger partial charge in [-0.05, 0) is 12.5 Å². The van der Waals surface area contributed by atoms with Gasteiger partial charge < -0.3 is 5.73 Å². The van der Waals surface area contributed by atoms with Crippen molar-refractivity contribution < 1.29 is 13.6 Å². The summed E-state index contributed by atoms with van der Waals surface area (Å²) in [5.41, 5.74) is 5.76. The van der Waals surface area contributed by atoms with Crippen LogP contribution in [-0.4, -0.2) is 11.9 Å². The van der Waals surface area contributed by atoms with Crippen LogP contribution >= 0.6 is 0 Å². The molecular formula is C17H18F2N2O. The molecule has 1 unspecified atom stereocenters. The van der Waals surface area contributed by atoms with Crippen LogP contribution in [0.4, 0.5) is 8.78 Å². The zero-order valence-electron chi connectivity index (χ0n) is 12.2. The molecule has 2 aromatic carbocycles. The molecule has 2 aromatic rings. The molecule has 0 fully saturated rings. The van der Waals surface area contributed by atoms with Gasteiger partial charge in [-0.1, -0.05) is 60.7 Å². The highest BCUT2D eigenvalue weighted by molar-refractivity contribution is 5.81. The molecule has 0 aliphatic rings. The molecule has 3 nitrogen and oxygen atoms in total. The number of alkyl halides is 2. The molecule has 0 saturated heterocycles. The van der Waals surface area contributed by atoms with Gasteiger partial charge in [-0.3, -0.25) is 10.1 Å². The summed E-state index contributed by atoms with van der Waals surface area (Å²) >= 11 is 0. The first-order chi connectivity index (χ1) is 10.4. The summed E-state index contributed by atoms with van der Waals surface area (Å²) in [5, 5.41) is 2.65. The molecule has 0 saturated carbocycles. The lowest BCUT2D eigenvalue weighted by Gasteiger charge is -2.28. The Balaban J connectivity index is 2.25. The minimum absolute atomic E-state index is 0.244. The summed E-state index contributed by atoms with van der Waals surface area (Å²) in [6, 6.07) is 14.0. The van der Waals surface area contributed by atoms with Crippen LogP contribution in [0.15, 0.2) is 60.7 Å². The number of carbonyl (C=O) groups is 1. The van der Waals surface area contributed by atoms with Crippen molar-refractivity contribution >= 4 is 5.91 Å². The molecule has 116 valence electrons. The molecule has 1 amide bonds. The van der Waals surface area contributed by atoms with Crippen LogP contribution in [0, 0.1) is 0 Å². The first kappa shape index (κ1) is 16.1. The largest absolute Gasteiger partial charge is 0.368 e. The quantitative estimate of drug-likeness (QED) is 0.862. The number of primary amides is 1. The highest BCUT2D eigenvalue weighted by Crippen LogP contribution is 2.32. The summed E-state index contributed by atoms with van der Waals surface area (Å²) in [5.74, 6) is -4.48. The maximum Gasteiger partial charge on any atom is 0.297 e. The number of carbonyl (C=O) groups excluding carboxylic acids is 1. The second kappa shape index (κ2) is 6.66. The van der Waals surface area contributed by atoms with Gasteiger partial charge in [-0.15, -0.1) is 0 Å². The Morgan fingerprint density at radius 2 is 1.55 bits per heavy atom. The minimum atomic E-state index is -3.39. The Hall–Kier alpha value is -2.27. The molecule has 0 aromatic heterocycles. The Bertz CT molecular complexity index is 617. The maximum absolute atomic E-state index is 14.6. The zero-order chi connectivity index (χ0) is 16.2. The molecule has 0 aliphatic heterocycles. The number of hydrogen-bond acceptors (Lipinski definition) is 2. The predicted molar refractivity (Wildman–Crippen MR) is 81.3 cm³/mol. The van der Waals surface area contributed by atoms with E-state index < -0.39 is 23.9 Å². The van der Waals surface area contributed by atoms with Crippen molar-refractivity contribution in [3.63, 3.8) is 0 Å². The van der Waals surface area contributed by atoms with Crippen LogP contribution in [0.5, 0.6) is 0 Å². The van der Waals surface area contributed by atoms with E-state index in [1.54, 1.807) is 25.1 Å². The number of amides is 1. The predicted octanol–water partition coefficient (Wildman–Crippen LogP) is 2.98. The Kier molecular flexibility index (Phi) is 4.88. The summed E-state index contributed by atoms with van der Waals surface area (Å²) in [7, 11) is 0. The normalized spacial score (nSPS) is 14.3. The molecule has 2 rings (SSSR count). The van der Waals surface area contributed by atoms with Gasteiger partial charge in [-0.2, -0.15) is 8.78 Å². The molecule has 2 atom stereocenters. The van der Waals surface area contributed by atoms with Crippen molar-refractivity contribution in [3.05, 3.63) is 71.8 Å². The van der Waals surface area contributed by atoms with E-state index in [9.17, 15) is 13.6 Å². The van der Waals surface area contributed by atoms with E-state index >= 15 is 0 Å². The Labute approximate surface area is 128 Å². The van der Waals surface area contributed by atoms with Crippen molar-refractivity contribution in [1.29, 1.82) is 0 Å². The van der Waals surface area contributed by atoms with Gasteiger partial charge >= 0.3 is 0 Å². The number of benzene rings is 2. The van der Waals surface area contributed by atoms with Gasteiger partial charge in [0.15, 0.2) is 6.04 Å². The summed E-state index contributed by atoms with van der Waals surface area (Å²) in [4.78, 5) is 11.6. The molecule has 0 heterocycles. The fourth-order valence-electron chi connectivity index (χ4n) is 2.28. The summed E-state index contributed by atoms with van der Waals surface area (Å²) < 4.78 is 29.2. The van der Waals surface area contributed by atoms with E-state index in [1.807, 2.05) is 18.2 Å². The van der Waals surface area contributed by atoms with E-state index in [0.717, 1.165) is 5.56 Å². The van der Waals surface area contributed by atoms with Crippen LogP contribution in [-0.2, 0) is 10.7 Å². The Morgan fingerprint density at radius 3 is 2.05 bits per heavy atom. The molecular weight excluding hydrogens is 286 g/mol. The highest BCUT2D eigenvalue weighted by Gasteiger charge is 2.45. The molecule has 0 aliphatic carbocycles. The van der Waals surface area contributed by atoms with E-state index in [2.05, 4.69) is 5.32 Å². The maximum atomic E-state index is 14.6. The number of nitrogens with one attached hydrogen (secondary N) is 1. The second-order valence-corrected chi connectivity index (χ2v) is 5.12. The van der Waals surface area contributed by atoms with E-state index in [-0.39, 0.29) is 5.56 Å². The lowest BCUT2D eigenvalue weighted by molar-refractivity contribution is -0.132. The van der Waals surface area contributed by atoms with Gasteiger partial charge in [0.05, 0.1) is 0 Å². The summed E-state index contributed by atoms with van der Waals surface area (Å²) in [6.07, 6.45) is 0. The molecule has 5 heteroatoms. The standard InChI is InChI=1S/C17H18F2N2O/c1-12(13-8-4-2-5-9-13)21-15(16(20)22)17(18,19)14-10-6-3-7-11-14/h2-12,15,21H,1H3,(H2,20,22)/t12-,15?/m0/s1. The van der Waals surface area contributed by atoms with Crippen LogP contribution in [0.2, 0.25) is 0 Å². The smallest absolute Gasteiger partial charge is 0.297 e. The monoisotopic (exact) mass is 304 g/mol. The van der Waals surface area contributed by atoms with Gasteiger partial charge in [0, 0.05) is 11.6 Å². The van der Waals surface area contributed by atoms with E-state index in [4.69, 9.17) is 5.73 Å². The zero-order valence-corrected chi connectivity index (χ0v) is 12.2. The first-order valence-electron chi connectivity index (χ1n) is 6.96. The third-order valence-electron chi connectivity index (χ3n) is 3.52. The molecule has 0 bridgehead atoms. The minimum Gasteiger partial charge on any atom is -0.368 e. The van der Waals surface area contributed by atoms with Gasteiger partial charge in [0.25, 0.3) is 5.92 Å². The van der Waals surface area contributed by atoms with Crippen molar-refractivity contribution in [2.45, 2.75) is 24.9 Å². The van der Waals surface area contributed by atoms with Crippen molar-refractivity contribution in [3.8, 4) is 0 Å². The average molecular weight is 304 g/mol. The second-order valence-electron chi connectivity index (χ2n) is 5.12. The number of rotatable bonds is 6. The highest BCUT2D eigenvalue weighted by atomic mass is 19.3. The molecule has 22 heavy (non-hydrogen) atoms. The third-order valence-corrected chi connectivity index (χ3v) is 3.52. The van der Waals surface area contributed by atoms with E-state index in [1.165, 1.54) is 24.3 Å². The lowest BCUT2D eigenvalue weighted by atomic mass is 9.98. The Morgan fingerprint density at radius 1 is 1.05 bits per heavy atom. The molecule has 3 N–H and O–H groups in total. The van der Waals surface area contributed by atoms with Gasteiger partial charge in [0.2, 0.25) is 5.91 Å². The first-order valence-corrected chi connectivity index (χ1v) is 6.96. The van der Waals surface area contributed by atoms with Crippen molar-refractivity contribution in [2.75, 3.05) is 0 Å². The SMILES string of the molecule is C[C@H](NC(C(N)=O)C(F)(F)c1ccccc1)c1ccccc1. The number of hydrogen-bond donors (Lipinski definition) is 2. The lowest BCUT2D eigenvalue weighted by Crippen LogP contribution is -2.52. The van der Waals surface area contributed by atoms with E-state index in [0.29, 0.717) is 0 Å². The number of nitrogens with two attached hydrogens (primary N) is 1. The molecule has 0 spiro atoms. The molecule has 0 radical (unpaired) electrons. The third kappa shape index (κ3) is 3.49. The average Bonchev–Trinajstić information content (AvgIpc) is 2.53. The van der Waals surface area contributed by atoms with Gasteiger partial charge in [-0.25, -0.2) is 0 Å². The van der Waals surface area contributed by atoms with Crippen molar-refractivity contribution in [1.82, 2.24) is 5.32 Å². The van der Waals surface area contributed by atoms with Crippen LogP contribution in [0.1, 0.15) is 24.1 Å². The van der Waals surface area contributed by atoms with Crippen molar-refractivity contribution in [2.24, 2.45) is 5.73 Å². The topological polar surface area (TPSA) is 55.1 Å². The fraction of sp³-hybridized carbons (Fsp3) is 0.235. The fourth-order valence-corrected chi connectivity index (χ4v) is 2.28.